The van der Waals surface area contributed by atoms with Gasteiger partial charge in [0.15, 0.2) is 0 Å². The minimum Gasteiger partial charge on any atom is -0.314 e. The van der Waals surface area contributed by atoms with Gasteiger partial charge in [-0.2, -0.15) is 0 Å². The van der Waals surface area contributed by atoms with Crippen molar-refractivity contribution in [3.63, 3.8) is 0 Å². The van der Waals surface area contributed by atoms with Crippen molar-refractivity contribution in [3.05, 3.63) is 51.7 Å². The summed E-state index contributed by atoms with van der Waals surface area (Å²) in [6, 6.07) is 7.16. The Morgan fingerprint density at radius 1 is 1.38 bits per heavy atom. The third kappa shape index (κ3) is 5.39. The van der Waals surface area contributed by atoms with Gasteiger partial charge in [0.2, 0.25) is 0 Å². The molecule has 0 bridgehead atoms. The summed E-state index contributed by atoms with van der Waals surface area (Å²) in [6.07, 6.45) is 2.19. The van der Waals surface area contributed by atoms with Gasteiger partial charge in [-0.25, -0.2) is 9.37 Å². The number of aromatic nitrogens is 1. The number of hydrogen-bond acceptors (Lipinski definition) is 4. The third-order valence-corrected chi connectivity index (χ3v) is 4.97. The summed E-state index contributed by atoms with van der Waals surface area (Å²) in [5.74, 6) is -0.165. The van der Waals surface area contributed by atoms with Crippen LogP contribution in [0.25, 0.3) is 0 Å². The highest BCUT2D eigenvalue weighted by Crippen LogP contribution is 2.25. The summed E-state index contributed by atoms with van der Waals surface area (Å²) in [6.45, 7) is 5.80. The first kappa shape index (κ1) is 21.3. The van der Waals surface area contributed by atoms with Crippen molar-refractivity contribution in [2.24, 2.45) is 0 Å². The second kappa shape index (κ2) is 10.3. The standard InChI is InChI=1S/C17H22FN3S.2ClH/c1-2-4-17-20-15(12-22-17)11-21-8-7-19-10-16(21)13-5-3-6-14(18)9-13;;/h3,5-6,9,12,16,19H,2,4,7-8,10-11H2,1H3;2*1H. The van der Waals surface area contributed by atoms with Gasteiger partial charge in [0, 0.05) is 37.6 Å². The SMILES string of the molecule is CCCc1nc(CN2CCNCC2c2cccc(F)c2)cs1.Cl.Cl. The van der Waals surface area contributed by atoms with Gasteiger partial charge < -0.3 is 5.32 Å². The number of nitrogens with one attached hydrogen (secondary N) is 1. The van der Waals surface area contributed by atoms with Gasteiger partial charge in [-0.15, -0.1) is 36.2 Å². The lowest BCUT2D eigenvalue weighted by Gasteiger charge is -2.36. The molecule has 1 saturated heterocycles. The maximum absolute atomic E-state index is 13.5. The molecule has 1 aromatic heterocycles. The minimum absolute atomic E-state index is 0. The molecule has 0 radical (unpaired) electrons. The van der Waals surface area contributed by atoms with Gasteiger partial charge in [-0.1, -0.05) is 19.1 Å². The quantitative estimate of drug-likeness (QED) is 0.826. The molecule has 3 rings (SSSR count). The molecule has 3 nitrogen and oxygen atoms in total. The molecule has 1 aliphatic rings. The Bertz CT molecular complexity index is 623. The van der Waals surface area contributed by atoms with Gasteiger partial charge in [0.05, 0.1) is 10.7 Å². The predicted octanol–water partition coefficient (Wildman–Crippen LogP) is 4.22. The smallest absolute Gasteiger partial charge is 0.123 e. The lowest BCUT2D eigenvalue weighted by atomic mass is 10.0. The first-order valence-electron chi connectivity index (χ1n) is 7.89. The summed E-state index contributed by atoms with van der Waals surface area (Å²) >= 11 is 1.75. The zero-order valence-electron chi connectivity index (χ0n) is 13.7. The molecule has 24 heavy (non-hydrogen) atoms. The van der Waals surface area contributed by atoms with Crippen LogP contribution in [0.4, 0.5) is 4.39 Å². The number of rotatable bonds is 5. The molecule has 1 fully saturated rings. The zero-order valence-corrected chi connectivity index (χ0v) is 16.2. The average molecular weight is 392 g/mol. The van der Waals surface area contributed by atoms with Gasteiger partial charge in [-0.3, -0.25) is 4.90 Å². The van der Waals surface area contributed by atoms with Gasteiger partial charge in [0.1, 0.15) is 5.82 Å². The Labute approximate surface area is 159 Å². The van der Waals surface area contributed by atoms with E-state index < -0.39 is 0 Å². The molecular weight excluding hydrogens is 368 g/mol. The van der Waals surface area contributed by atoms with Crippen molar-refractivity contribution in [1.82, 2.24) is 15.2 Å². The van der Waals surface area contributed by atoms with Crippen molar-refractivity contribution in [3.8, 4) is 0 Å². The van der Waals surface area contributed by atoms with E-state index in [1.165, 1.54) is 11.1 Å². The monoisotopic (exact) mass is 391 g/mol. The van der Waals surface area contributed by atoms with E-state index in [0.717, 1.165) is 50.3 Å². The fourth-order valence-electron chi connectivity index (χ4n) is 2.94. The van der Waals surface area contributed by atoms with Crippen molar-refractivity contribution < 1.29 is 4.39 Å². The molecule has 2 aromatic rings. The number of halogens is 3. The normalized spacial score (nSPS) is 17.8. The number of thiazole rings is 1. The predicted molar refractivity (Wildman–Crippen MR) is 103 cm³/mol. The van der Waals surface area contributed by atoms with Crippen molar-refractivity contribution in [2.45, 2.75) is 32.4 Å². The third-order valence-electron chi connectivity index (χ3n) is 4.02. The molecule has 7 heteroatoms. The Balaban J connectivity index is 0.00000144. The molecule has 2 heterocycles. The summed E-state index contributed by atoms with van der Waals surface area (Å²) < 4.78 is 13.5. The van der Waals surface area contributed by atoms with Gasteiger partial charge in [-0.05, 0) is 30.5 Å². The highest BCUT2D eigenvalue weighted by Gasteiger charge is 2.24. The summed E-state index contributed by atoms with van der Waals surface area (Å²) in [4.78, 5) is 7.12. The average Bonchev–Trinajstić information content (AvgIpc) is 2.95. The lowest BCUT2D eigenvalue weighted by molar-refractivity contribution is 0.152. The molecule has 0 aliphatic carbocycles. The van der Waals surface area contributed by atoms with Gasteiger partial charge in [0.25, 0.3) is 0 Å². The van der Waals surface area contributed by atoms with Crippen LogP contribution in [-0.4, -0.2) is 29.5 Å². The number of piperazine rings is 1. The maximum Gasteiger partial charge on any atom is 0.123 e. The highest BCUT2D eigenvalue weighted by molar-refractivity contribution is 7.09. The van der Waals surface area contributed by atoms with Crippen LogP contribution >= 0.6 is 36.2 Å². The molecule has 1 N–H and O–H groups in total. The van der Waals surface area contributed by atoms with Crippen LogP contribution in [0.1, 0.15) is 35.7 Å². The summed E-state index contributed by atoms with van der Waals surface area (Å²) in [5.41, 5.74) is 2.17. The highest BCUT2D eigenvalue weighted by atomic mass is 35.5. The van der Waals surface area contributed by atoms with Gasteiger partial charge >= 0.3 is 0 Å². The second-order valence-electron chi connectivity index (χ2n) is 5.73. The fourth-order valence-corrected chi connectivity index (χ4v) is 3.83. The first-order valence-corrected chi connectivity index (χ1v) is 8.77. The van der Waals surface area contributed by atoms with E-state index >= 15 is 0 Å². The molecular formula is C17H24Cl2FN3S. The van der Waals surface area contributed by atoms with Crippen molar-refractivity contribution in [2.75, 3.05) is 19.6 Å². The Hall–Kier alpha value is -0.720. The van der Waals surface area contributed by atoms with Crippen LogP contribution < -0.4 is 5.32 Å². The Morgan fingerprint density at radius 3 is 2.96 bits per heavy atom. The second-order valence-corrected chi connectivity index (χ2v) is 6.67. The van der Waals surface area contributed by atoms with Crippen molar-refractivity contribution >= 4 is 36.2 Å². The number of hydrogen-bond donors (Lipinski definition) is 1. The zero-order chi connectivity index (χ0) is 15.4. The topological polar surface area (TPSA) is 28.2 Å². The largest absolute Gasteiger partial charge is 0.314 e. The fraction of sp³-hybridized carbons (Fsp3) is 0.471. The first-order chi connectivity index (χ1) is 10.8. The Morgan fingerprint density at radius 2 is 2.21 bits per heavy atom. The summed E-state index contributed by atoms with van der Waals surface area (Å²) in [5, 5.41) is 6.79. The lowest BCUT2D eigenvalue weighted by Crippen LogP contribution is -2.45. The van der Waals surface area contributed by atoms with E-state index in [9.17, 15) is 4.39 Å². The van der Waals surface area contributed by atoms with E-state index in [0.29, 0.717) is 0 Å². The molecule has 0 saturated carbocycles. The van der Waals surface area contributed by atoms with E-state index in [2.05, 4.69) is 22.5 Å². The minimum atomic E-state index is -0.165. The van der Waals surface area contributed by atoms with Crippen LogP contribution in [0.15, 0.2) is 29.6 Å². The van der Waals surface area contributed by atoms with Crippen LogP contribution in [0.5, 0.6) is 0 Å². The summed E-state index contributed by atoms with van der Waals surface area (Å²) in [7, 11) is 0. The van der Waals surface area contributed by atoms with Crippen LogP contribution in [0.2, 0.25) is 0 Å². The van der Waals surface area contributed by atoms with Crippen LogP contribution in [0.3, 0.4) is 0 Å². The van der Waals surface area contributed by atoms with Crippen LogP contribution in [-0.2, 0) is 13.0 Å². The van der Waals surface area contributed by atoms with Crippen LogP contribution in [0, 0.1) is 5.82 Å². The molecule has 0 amide bonds. The molecule has 0 spiro atoms. The van der Waals surface area contributed by atoms with Crippen molar-refractivity contribution in [1.29, 1.82) is 0 Å². The number of nitrogens with zero attached hydrogens (tertiary/aromatic N) is 2. The molecule has 134 valence electrons. The van der Waals surface area contributed by atoms with E-state index in [-0.39, 0.29) is 36.7 Å². The molecule has 1 aromatic carbocycles. The number of aryl methyl sites for hydroxylation is 1. The molecule has 1 unspecified atom stereocenters. The Kier molecular flexibility index (Phi) is 9.16. The van der Waals surface area contributed by atoms with E-state index in [4.69, 9.17) is 4.98 Å². The van der Waals surface area contributed by atoms with E-state index in [1.54, 1.807) is 23.5 Å². The molecule has 1 atom stereocenters. The number of benzene rings is 1. The van der Waals surface area contributed by atoms with E-state index in [1.807, 2.05) is 6.07 Å². The maximum atomic E-state index is 13.5. The molecule has 1 aliphatic heterocycles.